The molecule has 15 heavy (non-hydrogen) atoms. The van der Waals surface area contributed by atoms with Crippen molar-refractivity contribution >= 4 is 16.0 Å². The Morgan fingerprint density at radius 2 is 1.87 bits per heavy atom. The van der Waals surface area contributed by atoms with E-state index in [4.69, 9.17) is 10.2 Å². The maximum Gasteiger partial charge on any atom is 0.415 e. The summed E-state index contributed by atoms with van der Waals surface area (Å²) >= 11 is 0. The second-order valence-corrected chi connectivity index (χ2v) is 4.37. The molecule has 0 spiro atoms. The second-order valence-electron chi connectivity index (χ2n) is 2.56. The first-order chi connectivity index (χ1) is 6.54. The van der Waals surface area contributed by atoms with Gasteiger partial charge in [-0.2, -0.15) is 13.2 Å². The van der Waals surface area contributed by atoms with Crippen LogP contribution in [0.15, 0.2) is 0 Å². The molecule has 1 unspecified atom stereocenters. The third kappa shape index (κ3) is 6.25. The third-order valence-corrected chi connectivity index (χ3v) is 2.42. The van der Waals surface area contributed by atoms with E-state index in [0.717, 1.165) is 0 Å². The van der Waals surface area contributed by atoms with Crippen molar-refractivity contribution in [1.82, 2.24) is 4.72 Å². The van der Waals surface area contributed by atoms with Gasteiger partial charge in [-0.1, -0.05) is 0 Å². The molecule has 3 N–H and O–H groups in total. The van der Waals surface area contributed by atoms with E-state index in [1.165, 1.54) is 4.72 Å². The van der Waals surface area contributed by atoms with Crippen LogP contribution in [-0.2, 0) is 14.8 Å². The fraction of sp³-hybridized carbons (Fsp3) is 0.800. The van der Waals surface area contributed by atoms with Gasteiger partial charge >= 0.3 is 12.1 Å². The summed E-state index contributed by atoms with van der Waals surface area (Å²) in [6.07, 6.45) is -7.81. The van der Waals surface area contributed by atoms with E-state index in [9.17, 15) is 26.4 Å². The molecule has 0 aliphatic carbocycles. The summed E-state index contributed by atoms with van der Waals surface area (Å²) in [4.78, 5) is 9.95. The van der Waals surface area contributed by atoms with Crippen LogP contribution in [-0.4, -0.2) is 49.2 Å². The summed E-state index contributed by atoms with van der Waals surface area (Å²) in [7, 11) is -4.35. The molecule has 90 valence electrons. The summed E-state index contributed by atoms with van der Waals surface area (Å²) in [6.45, 7) is -1.31. The van der Waals surface area contributed by atoms with Crippen molar-refractivity contribution in [3.63, 3.8) is 0 Å². The zero-order valence-electron chi connectivity index (χ0n) is 7.15. The van der Waals surface area contributed by atoms with Crippen molar-refractivity contribution in [2.75, 3.05) is 12.3 Å². The highest BCUT2D eigenvalue weighted by Gasteiger charge is 2.38. The van der Waals surface area contributed by atoms with Gasteiger partial charge in [-0.3, -0.25) is 4.79 Å². The number of sulfonamides is 1. The smallest absolute Gasteiger partial charge is 0.415 e. The molecule has 0 aliphatic rings. The van der Waals surface area contributed by atoms with Crippen LogP contribution in [0.5, 0.6) is 0 Å². The Labute approximate surface area is 82.8 Å². The number of aliphatic hydroxyl groups excluding tert-OH is 1. The van der Waals surface area contributed by atoms with Gasteiger partial charge in [0.2, 0.25) is 10.0 Å². The Morgan fingerprint density at radius 3 is 2.20 bits per heavy atom. The molecule has 0 aromatic rings. The van der Waals surface area contributed by atoms with Crippen molar-refractivity contribution < 1.29 is 36.6 Å². The first kappa shape index (κ1) is 14.1. The van der Waals surface area contributed by atoms with E-state index in [1.54, 1.807) is 0 Å². The van der Waals surface area contributed by atoms with Gasteiger partial charge in [-0.15, -0.1) is 0 Å². The summed E-state index contributed by atoms with van der Waals surface area (Å²) in [5.74, 6) is -3.05. The normalized spacial score (nSPS) is 14.9. The number of aliphatic carboxylic acids is 1. The molecule has 0 aliphatic heterocycles. The van der Waals surface area contributed by atoms with E-state index in [-0.39, 0.29) is 0 Å². The van der Waals surface area contributed by atoms with Crippen LogP contribution in [0.4, 0.5) is 13.2 Å². The Kier molecular flexibility index (Phi) is 4.49. The van der Waals surface area contributed by atoms with E-state index < -0.39 is 40.6 Å². The lowest BCUT2D eigenvalue weighted by molar-refractivity contribution is -0.200. The minimum atomic E-state index is -4.95. The van der Waals surface area contributed by atoms with Crippen LogP contribution in [0.1, 0.15) is 0 Å². The lowest BCUT2D eigenvalue weighted by Gasteiger charge is -2.14. The standard InChI is InChI=1S/C5H8F3NO5S/c6-5(7,8)3(10)1-9-15(13,14)2-4(11)12/h3,9-10H,1-2H2,(H,11,12). The summed E-state index contributed by atoms with van der Waals surface area (Å²) in [5, 5.41) is 16.5. The zero-order chi connectivity index (χ0) is 12.3. The number of carbonyl (C=O) groups is 1. The van der Waals surface area contributed by atoms with E-state index in [1.807, 2.05) is 0 Å². The van der Waals surface area contributed by atoms with E-state index in [2.05, 4.69) is 0 Å². The maximum absolute atomic E-state index is 11.7. The molecular weight excluding hydrogens is 243 g/mol. The van der Waals surface area contributed by atoms with Crippen molar-refractivity contribution in [3.8, 4) is 0 Å². The molecular formula is C5H8F3NO5S. The van der Waals surface area contributed by atoms with Crippen LogP contribution in [0.2, 0.25) is 0 Å². The topological polar surface area (TPSA) is 104 Å². The third-order valence-electron chi connectivity index (χ3n) is 1.19. The molecule has 6 nitrogen and oxygen atoms in total. The average Bonchev–Trinajstić information content (AvgIpc) is 1.95. The highest BCUT2D eigenvalue weighted by Crippen LogP contribution is 2.19. The molecule has 10 heteroatoms. The average molecular weight is 251 g/mol. The first-order valence-corrected chi connectivity index (χ1v) is 5.14. The molecule has 0 aromatic carbocycles. The molecule has 0 aromatic heterocycles. The fourth-order valence-electron chi connectivity index (χ4n) is 0.535. The first-order valence-electron chi connectivity index (χ1n) is 3.48. The van der Waals surface area contributed by atoms with Crippen molar-refractivity contribution in [2.45, 2.75) is 12.3 Å². The SMILES string of the molecule is O=C(O)CS(=O)(=O)NCC(O)C(F)(F)F. The Hall–Kier alpha value is -0.870. The maximum atomic E-state index is 11.7. The van der Waals surface area contributed by atoms with Gasteiger partial charge in [-0.05, 0) is 0 Å². The van der Waals surface area contributed by atoms with Crippen molar-refractivity contribution in [1.29, 1.82) is 0 Å². The highest BCUT2D eigenvalue weighted by atomic mass is 32.2. The molecule has 0 radical (unpaired) electrons. The molecule has 0 heterocycles. The second kappa shape index (κ2) is 4.77. The number of nitrogens with one attached hydrogen (secondary N) is 1. The molecule has 0 bridgehead atoms. The van der Waals surface area contributed by atoms with Gasteiger partial charge in [0, 0.05) is 6.54 Å². The predicted octanol–water partition coefficient (Wildman–Crippen LogP) is -1.09. The molecule has 0 amide bonds. The predicted molar refractivity (Wildman–Crippen MR) is 41.5 cm³/mol. The summed E-state index contributed by atoms with van der Waals surface area (Å²) < 4.78 is 57.8. The van der Waals surface area contributed by atoms with Gasteiger partial charge in [0.1, 0.15) is 0 Å². The Bertz CT molecular complexity index is 324. The number of aliphatic hydroxyl groups is 1. The fourth-order valence-corrected chi connectivity index (χ4v) is 1.37. The number of rotatable bonds is 5. The quantitative estimate of drug-likeness (QED) is 0.576. The van der Waals surface area contributed by atoms with Crippen LogP contribution in [0.25, 0.3) is 0 Å². The molecule has 1 atom stereocenters. The van der Waals surface area contributed by atoms with Gasteiger partial charge in [-0.25, -0.2) is 13.1 Å². The summed E-state index contributed by atoms with van der Waals surface area (Å²) in [6, 6.07) is 0. The van der Waals surface area contributed by atoms with Crippen LogP contribution in [0, 0.1) is 0 Å². The number of alkyl halides is 3. The van der Waals surface area contributed by atoms with E-state index >= 15 is 0 Å². The minimum absolute atomic E-state index is 1.31. The number of carboxylic acids is 1. The van der Waals surface area contributed by atoms with Gasteiger partial charge in [0.05, 0.1) is 0 Å². The van der Waals surface area contributed by atoms with E-state index in [0.29, 0.717) is 0 Å². The number of hydrogen-bond donors (Lipinski definition) is 3. The number of carboxylic acid groups (broad SMARTS) is 1. The lowest BCUT2D eigenvalue weighted by atomic mass is 10.4. The zero-order valence-corrected chi connectivity index (χ0v) is 7.97. The van der Waals surface area contributed by atoms with Crippen LogP contribution >= 0.6 is 0 Å². The molecule has 0 saturated carbocycles. The lowest BCUT2D eigenvalue weighted by Crippen LogP contribution is -2.42. The monoisotopic (exact) mass is 251 g/mol. The van der Waals surface area contributed by atoms with Crippen molar-refractivity contribution in [2.24, 2.45) is 0 Å². The highest BCUT2D eigenvalue weighted by molar-refractivity contribution is 7.90. The molecule has 0 saturated heterocycles. The summed E-state index contributed by atoms with van der Waals surface area (Å²) in [5.41, 5.74) is 0. The number of halogens is 3. The van der Waals surface area contributed by atoms with Gasteiger partial charge < -0.3 is 10.2 Å². The van der Waals surface area contributed by atoms with Crippen LogP contribution in [0.3, 0.4) is 0 Å². The van der Waals surface area contributed by atoms with Gasteiger partial charge in [0.25, 0.3) is 0 Å². The number of hydrogen-bond acceptors (Lipinski definition) is 4. The van der Waals surface area contributed by atoms with Gasteiger partial charge in [0.15, 0.2) is 11.9 Å². The minimum Gasteiger partial charge on any atom is -0.480 e. The largest absolute Gasteiger partial charge is 0.480 e. The molecule has 0 fully saturated rings. The Balaban J connectivity index is 4.22. The Morgan fingerprint density at radius 1 is 1.40 bits per heavy atom. The molecule has 0 rings (SSSR count). The van der Waals surface area contributed by atoms with Crippen molar-refractivity contribution in [3.05, 3.63) is 0 Å². The van der Waals surface area contributed by atoms with Crippen LogP contribution < -0.4 is 4.72 Å².